The van der Waals surface area contributed by atoms with E-state index >= 15 is 0 Å². The Bertz CT molecular complexity index is 681. The first-order valence-corrected chi connectivity index (χ1v) is 9.14. The van der Waals surface area contributed by atoms with Gasteiger partial charge in [0.15, 0.2) is 0 Å². The SMILES string of the molecule is CCC(O)c1cccc(S(=O)(=O)NC(C)c2cccs2)c1. The lowest BCUT2D eigenvalue weighted by Gasteiger charge is -2.14. The predicted molar refractivity (Wildman–Crippen MR) is 84.7 cm³/mol. The van der Waals surface area contributed by atoms with Crippen LogP contribution in [-0.4, -0.2) is 13.5 Å². The number of thiophene rings is 1. The molecule has 0 spiro atoms. The summed E-state index contributed by atoms with van der Waals surface area (Å²) in [5, 5.41) is 11.8. The van der Waals surface area contributed by atoms with Crippen LogP contribution in [0.1, 0.15) is 42.9 Å². The summed E-state index contributed by atoms with van der Waals surface area (Å²) in [5.74, 6) is 0. The Balaban J connectivity index is 2.23. The highest BCUT2D eigenvalue weighted by Gasteiger charge is 2.20. The minimum absolute atomic E-state index is 0.177. The van der Waals surface area contributed by atoms with E-state index in [0.29, 0.717) is 12.0 Å². The molecule has 0 saturated heterocycles. The van der Waals surface area contributed by atoms with Crippen molar-refractivity contribution in [3.63, 3.8) is 0 Å². The number of rotatable bonds is 6. The first-order valence-electron chi connectivity index (χ1n) is 6.78. The van der Waals surface area contributed by atoms with Crippen molar-refractivity contribution in [3.05, 3.63) is 52.2 Å². The molecule has 0 fully saturated rings. The molecule has 114 valence electrons. The van der Waals surface area contributed by atoms with Crippen LogP contribution < -0.4 is 4.72 Å². The van der Waals surface area contributed by atoms with E-state index in [2.05, 4.69) is 4.72 Å². The number of aliphatic hydroxyl groups is 1. The summed E-state index contributed by atoms with van der Waals surface area (Å²) in [7, 11) is -3.60. The van der Waals surface area contributed by atoms with Gasteiger partial charge in [-0.05, 0) is 42.5 Å². The van der Waals surface area contributed by atoms with E-state index in [1.165, 1.54) is 23.5 Å². The molecule has 1 heterocycles. The highest BCUT2D eigenvalue weighted by atomic mass is 32.2. The van der Waals surface area contributed by atoms with E-state index in [4.69, 9.17) is 0 Å². The Morgan fingerprint density at radius 1 is 1.29 bits per heavy atom. The lowest BCUT2D eigenvalue weighted by atomic mass is 10.1. The van der Waals surface area contributed by atoms with Crippen molar-refractivity contribution >= 4 is 21.4 Å². The summed E-state index contributed by atoms with van der Waals surface area (Å²) in [6, 6.07) is 9.95. The van der Waals surface area contributed by atoms with Crippen molar-refractivity contribution in [2.75, 3.05) is 0 Å². The van der Waals surface area contributed by atoms with Gasteiger partial charge in [0.05, 0.1) is 17.0 Å². The number of benzene rings is 1. The molecule has 4 nitrogen and oxygen atoms in total. The normalized spacial score (nSPS) is 14.8. The van der Waals surface area contributed by atoms with Gasteiger partial charge in [0.1, 0.15) is 0 Å². The largest absolute Gasteiger partial charge is 0.388 e. The molecule has 1 aromatic carbocycles. The molecule has 2 atom stereocenters. The zero-order chi connectivity index (χ0) is 15.5. The lowest BCUT2D eigenvalue weighted by molar-refractivity contribution is 0.173. The molecule has 2 N–H and O–H groups in total. The van der Waals surface area contributed by atoms with Crippen LogP contribution in [0.15, 0.2) is 46.7 Å². The monoisotopic (exact) mass is 325 g/mol. The molecular weight excluding hydrogens is 306 g/mol. The third-order valence-corrected chi connectivity index (χ3v) is 5.84. The van der Waals surface area contributed by atoms with Crippen molar-refractivity contribution in [1.82, 2.24) is 4.72 Å². The van der Waals surface area contributed by atoms with Crippen LogP contribution in [0.5, 0.6) is 0 Å². The fourth-order valence-corrected chi connectivity index (χ4v) is 4.11. The van der Waals surface area contributed by atoms with Crippen LogP contribution in [-0.2, 0) is 10.0 Å². The maximum absolute atomic E-state index is 12.4. The highest BCUT2D eigenvalue weighted by molar-refractivity contribution is 7.89. The Morgan fingerprint density at radius 2 is 2.05 bits per heavy atom. The first kappa shape index (κ1) is 16.2. The maximum Gasteiger partial charge on any atom is 0.241 e. The quantitative estimate of drug-likeness (QED) is 0.857. The first-order chi connectivity index (χ1) is 9.94. The molecule has 2 aromatic rings. The van der Waals surface area contributed by atoms with E-state index in [1.807, 2.05) is 31.4 Å². The highest BCUT2D eigenvalue weighted by Crippen LogP contribution is 2.23. The number of hydrogen-bond donors (Lipinski definition) is 2. The van der Waals surface area contributed by atoms with Crippen molar-refractivity contribution < 1.29 is 13.5 Å². The minimum Gasteiger partial charge on any atom is -0.388 e. The molecule has 0 aliphatic heterocycles. The van der Waals surface area contributed by atoms with Crippen LogP contribution in [0.25, 0.3) is 0 Å². The predicted octanol–water partition coefficient (Wildman–Crippen LogP) is 3.23. The van der Waals surface area contributed by atoms with Gasteiger partial charge >= 0.3 is 0 Å². The third kappa shape index (κ3) is 3.91. The van der Waals surface area contributed by atoms with Crippen molar-refractivity contribution in [2.24, 2.45) is 0 Å². The Morgan fingerprint density at radius 3 is 2.67 bits per heavy atom. The molecule has 1 aromatic heterocycles. The van der Waals surface area contributed by atoms with Gasteiger partial charge in [0, 0.05) is 4.88 Å². The second kappa shape index (κ2) is 6.70. The van der Waals surface area contributed by atoms with E-state index in [-0.39, 0.29) is 10.9 Å². The van der Waals surface area contributed by atoms with Crippen LogP contribution >= 0.6 is 11.3 Å². The molecule has 0 radical (unpaired) electrons. The summed E-state index contributed by atoms with van der Waals surface area (Å²) in [6.45, 7) is 3.66. The fourth-order valence-electron chi connectivity index (χ4n) is 2.02. The van der Waals surface area contributed by atoms with Gasteiger partial charge < -0.3 is 5.11 Å². The van der Waals surface area contributed by atoms with Gasteiger partial charge in [-0.1, -0.05) is 25.1 Å². The smallest absolute Gasteiger partial charge is 0.241 e. The summed E-state index contributed by atoms with van der Waals surface area (Å²) >= 11 is 1.51. The van der Waals surface area contributed by atoms with Crippen LogP contribution in [0, 0.1) is 0 Å². The van der Waals surface area contributed by atoms with Crippen molar-refractivity contribution in [1.29, 1.82) is 0 Å². The Hall–Kier alpha value is -1.21. The van der Waals surface area contributed by atoms with E-state index in [1.54, 1.807) is 12.1 Å². The fraction of sp³-hybridized carbons (Fsp3) is 0.333. The van der Waals surface area contributed by atoms with Gasteiger partial charge in [0.25, 0.3) is 0 Å². The summed E-state index contributed by atoms with van der Waals surface area (Å²) in [5.41, 5.74) is 0.615. The molecule has 2 unspecified atom stereocenters. The van der Waals surface area contributed by atoms with Crippen LogP contribution in [0.3, 0.4) is 0 Å². The molecule has 2 rings (SSSR count). The summed E-state index contributed by atoms with van der Waals surface area (Å²) < 4.78 is 27.5. The lowest BCUT2D eigenvalue weighted by Crippen LogP contribution is -2.26. The van der Waals surface area contributed by atoms with Crippen LogP contribution in [0.4, 0.5) is 0 Å². The average molecular weight is 325 g/mol. The molecule has 0 aliphatic carbocycles. The molecular formula is C15H19NO3S2. The van der Waals surface area contributed by atoms with Gasteiger partial charge in [-0.15, -0.1) is 11.3 Å². The van der Waals surface area contributed by atoms with Crippen molar-refractivity contribution in [2.45, 2.75) is 37.3 Å². The second-order valence-corrected chi connectivity index (χ2v) is 7.55. The van der Waals surface area contributed by atoms with E-state index in [0.717, 1.165) is 4.88 Å². The van der Waals surface area contributed by atoms with Gasteiger partial charge in [-0.2, -0.15) is 0 Å². The van der Waals surface area contributed by atoms with Crippen LogP contribution in [0.2, 0.25) is 0 Å². The van der Waals surface area contributed by atoms with Gasteiger partial charge in [0.2, 0.25) is 10.0 Å². The standard InChI is InChI=1S/C15H19NO3S2/c1-3-14(17)12-6-4-7-13(10-12)21(18,19)16-11(2)15-8-5-9-20-15/h4-11,14,16-17H,3H2,1-2H3. The number of nitrogens with one attached hydrogen (secondary N) is 1. The maximum atomic E-state index is 12.4. The molecule has 0 bridgehead atoms. The Labute approximate surface area is 129 Å². The molecule has 6 heteroatoms. The number of hydrogen-bond acceptors (Lipinski definition) is 4. The van der Waals surface area contributed by atoms with Crippen molar-refractivity contribution in [3.8, 4) is 0 Å². The van der Waals surface area contributed by atoms with E-state index < -0.39 is 16.1 Å². The molecule has 0 aliphatic rings. The zero-order valence-corrected chi connectivity index (χ0v) is 13.6. The number of sulfonamides is 1. The molecule has 0 amide bonds. The topological polar surface area (TPSA) is 66.4 Å². The summed E-state index contributed by atoms with van der Waals surface area (Å²) in [6.07, 6.45) is -0.0995. The van der Waals surface area contributed by atoms with E-state index in [9.17, 15) is 13.5 Å². The number of aliphatic hydroxyl groups excluding tert-OH is 1. The average Bonchev–Trinajstić information content (AvgIpc) is 3.00. The Kier molecular flexibility index (Phi) is 5.16. The van der Waals surface area contributed by atoms with Gasteiger partial charge in [-0.3, -0.25) is 0 Å². The minimum atomic E-state index is -3.60. The molecule has 0 saturated carbocycles. The second-order valence-electron chi connectivity index (χ2n) is 4.85. The molecule has 21 heavy (non-hydrogen) atoms. The zero-order valence-electron chi connectivity index (χ0n) is 12.0. The summed E-state index contributed by atoms with van der Waals surface area (Å²) in [4.78, 5) is 1.14. The third-order valence-electron chi connectivity index (χ3n) is 3.24. The van der Waals surface area contributed by atoms with Gasteiger partial charge in [-0.25, -0.2) is 13.1 Å².